The second-order valence-electron chi connectivity index (χ2n) is 4.00. The maximum atomic E-state index is 5.81. The zero-order valence-electron chi connectivity index (χ0n) is 10.4. The van der Waals surface area contributed by atoms with E-state index in [2.05, 4.69) is 41.5 Å². The zero-order chi connectivity index (χ0) is 13.0. The second-order valence-corrected chi connectivity index (χ2v) is 5.53. The lowest BCUT2D eigenvalue weighted by Crippen LogP contribution is -2.11. The summed E-state index contributed by atoms with van der Waals surface area (Å²) in [7, 11) is 1.96. The summed E-state index contributed by atoms with van der Waals surface area (Å²) in [6.07, 6.45) is 1.67. The topological polar surface area (TPSA) is 24.9 Å². The van der Waals surface area contributed by atoms with Crippen LogP contribution in [0, 0.1) is 0 Å². The molecule has 0 radical (unpaired) electrons. The van der Waals surface area contributed by atoms with Crippen LogP contribution in [0.2, 0.25) is 5.02 Å². The van der Waals surface area contributed by atoms with Gasteiger partial charge in [-0.05, 0) is 43.8 Å². The molecular formula is C14H15ClN2S. The molecule has 0 fully saturated rings. The van der Waals surface area contributed by atoms with Crippen molar-refractivity contribution in [3.8, 4) is 0 Å². The molecule has 4 heteroatoms. The Labute approximate surface area is 117 Å². The molecule has 0 aliphatic carbocycles. The Balaban J connectivity index is 2.08. The Morgan fingerprint density at radius 1 is 1.17 bits per heavy atom. The highest BCUT2D eigenvalue weighted by Crippen LogP contribution is 2.27. The number of nitrogens with zero attached hydrogens (tertiary/aromatic N) is 1. The second kappa shape index (κ2) is 6.23. The van der Waals surface area contributed by atoms with E-state index in [0.29, 0.717) is 11.1 Å². The molecule has 0 saturated carbocycles. The monoisotopic (exact) mass is 278 g/mol. The SMILES string of the molecule is CNC(C)c1ccc(Sc2ccc(Cl)cn2)cc1. The van der Waals surface area contributed by atoms with Crippen molar-refractivity contribution in [1.82, 2.24) is 10.3 Å². The van der Waals surface area contributed by atoms with Crippen LogP contribution in [0.3, 0.4) is 0 Å². The molecule has 0 aliphatic heterocycles. The first kappa shape index (κ1) is 13.4. The predicted octanol–water partition coefficient (Wildman–Crippen LogP) is 4.17. The third-order valence-electron chi connectivity index (χ3n) is 2.74. The van der Waals surface area contributed by atoms with Crippen molar-refractivity contribution in [2.45, 2.75) is 22.9 Å². The number of rotatable bonds is 4. The van der Waals surface area contributed by atoms with Crippen molar-refractivity contribution in [3.05, 3.63) is 53.2 Å². The highest BCUT2D eigenvalue weighted by atomic mass is 35.5. The average Bonchev–Trinajstić information content (AvgIpc) is 2.41. The van der Waals surface area contributed by atoms with Gasteiger partial charge >= 0.3 is 0 Å². The molecule has 1 aromatic carbocycles. The van der Waals surface area contributed by atoms with E-state index in [4.69, 9.17) is 11.6 Å². The number of benzene rings is 1. The Morgan fingerprint density at radius 2 is 1.89 bits per heavy atom. The number of nitrogens with one attached hydrogen (secondary N) is 1. The van der Waals surface area contributed by atoms with Crippen LogP contribution in [-0.4, -0.2) is 12.0 Å². The standard InChI is InChI=1S/C14H15ClN2S/c1-10(16-2)11-3-6-13(7-4-11)18-14-8-5-12(15)9-17-14/h3-10,16H,1-2H3. The van der Waals surface area contributed by atoms with Gasteiger partial charge in [0.15, 0.2) is 0 Å². The minimum absolute atomic E-state index is 0.373. The van der Waals surface area contributed by atoms with Gasteiger partial charge < -0.3 is 5.32 Å². The quantitative estimate of drug-likeness (QED) is 0.909. The molecule has 2 aromatic rings. The van der Waals surface area contributed by atoms with Gasteiger partial charge in [0.2, 0.25) is 0 Å². The fourth-order valence-corrected chi connectivity index (χ4v) is 2.40. The summed E-state index contributed by atoms with van der Waals surface area (Å²) in [5, 5.41) is 4.84. The molecule has 1 N–H and O–H groups in total. The minimum Gasteiger partial charge on any atom is -0.313 e. The van der Waals surface area contributed by atoms with E-state index < -0.39 is 0 Å². The fourth-order valence-electron chi connectivity index (χ4n) is 1.53. The van der Waals surface area contributed by atoms with Gasteiger partial charge in [-0.1, -0.05) is 35.5 Å². The molecule has 1 aromatic heterocycles. The molecule has 1 atom stereocenters. The molecule has 0 spiro atoms. The van der Waals surface area contributed by atoms with Gasteiger partial charge in [0.25, 0.3) is 0 Å². The third-order valence-corrected chi connectivity index (χ3v) is 3.92. The summed E-state index contributed by atoms with van der Waals surface area (Å²) in [5.74, 6) is 0. The van der Waals surface area contributed by atoms with Crippen molar-refractivity contribution in [2.75, 3.05) is 7.05 Å². The van der Waals surface area contributed by atoms with Crippen molar-refractivity contribution < 1.29 is 0 Å². The van der Waals surface area contributed by atoms with Crippen LogP contribution < -0.4 is 5.32 Å². The average molecular weight is 279 g/mol. The highest BCUT2D eigenvalue weighted by Gasteiger charge is 2.03. The van der Waals surface area contributed by atoms with Crippen LogP contribution in [0.4, 0.5) is 0 Å². The largest absolute Gasteiger partial charge is 0.313 e. The molecule has 2 rings (SSSR count). The highest BCUT2D eigenvalue weighted by molar-refractivity contribution is 7.99. The van der Waals surface area contributed by atoms with Crippen LogP contribution in [-0.2, 0) is 0 Å². The van der Waals surface area contributed by atoms with E-state index in [0.717, 1.165) is 5.03 Å². The molecule has 1 unspecified atom stereocenters. The van der Waals surface area contributed by atoms with Crippen molar-refractivity contribution >= 4 is 23.4 Å². The minimum atomic E-state index is 0.373. The Morgan fingerprint density at radius 3 is 2.44 bits per heavy atom. The Hall–Kier alpha value is -1.03. The summed E-state index contributed by atoms with van der Waals surface area (Å²) in [6, 6.07) is 12.7. The summed E-state index contributed by atoms with van der Waals surface area (Å²) in [4.78, 5) is 5.44. The van der Waals surface area contributed by atoms with E-state index in [1.54, 1.807) is 18.0 Å². The molecule has 94 valence electrons. The molecule has 0 bridgehead atoms. The van der Waals surface area contributed by atoms with Gasteiger partial charge in [-0.25, -0.2) is 4.98 Å². The molecule has 0 saturated heterocycles. The predicted molar refractivity (Wildman–Crippen MR) is 77.3 cm³/mol. The third kappa shape index (κ3) is 3.48. The van der Waals surface area contributed by atoms with Crippen molar-refractivity contribution in [3.63, 3.8) is 0 Å². The van der Waals surface area contributed by atoms with Crippen LogP contribution >= 0.6 is 23.4 Å². The molecule has 2 nitrogen and oxygen atoms in total. The summed E-state index contributed by atoms with van der Waals surface area (Å²) >= 11 is 7.44. The lowest BCUT2D eigenvalue weighted by molar-refractivity contribution is 0.652. The summed E-state index contributed by atoms with van der Waals surface area (Å²) in [5.41, 5.74) is 1.28. The molecule has 1 heterocycles. The van der Waals surface area contributed by atoms with Gasteiger partial charge in [-0.3, -0.25) is 0 Å². The van der Waals surface area contributed by atoms with Gasteiger partial charge in [-0.2, -0.15) is 0 Å². The maximum Gasteiger partial charge on any atom is 0.101 e. The van der Waals surface area contributed by atoms with Crippen molar-refractivity contribution in [1.29, 1.82) is 0 Å². The van der Waals surface area contributed by atoms with Gasteiger partial charge in [0, 0.05) is 17.1 Å². The van der Waals surface area contributed by atoms with E-state index >= 15 is 0 Å². The number of pyridine rings is 1. The van der Waals surface area contributed by atoms with Gasteiger partial charge in [0.1, 0.15) is 5.03 Å². The van der Waals surface area contributed by atoms with Gasteiger partial charge in [0.05, 0.1) is 5.02 Å². The van der Waals surface area contributed by atoms with E-state index in [1.165, 1.54) is 10.5 Å². The van der Waals surface area contributed by atoms with Gasteiger partial charge in [-0.15, -0.1) is 0 Å². The normalized spacial score (nSPS) is 12.4. The smallest absolute Gasteiger partial charge is 0.101 e. The Kier molecular flexibility index (Phi) is 4.64. The molecule has 0 amide bonds. The first-order chi connectivity index (χ1) is 8.69. The number of hydrogen-bond donors (Lipinski definition) is 1. The molecule has 0 aliphatic rings. The van der Waals surface area contributed by atoms with Crippen LogP contribution in [0.15, 0.2) is 52.5 Å². The summed E-state index contributed by atoms with van der Waals surface area (Å²) in [6.45, 7) is 2.14. The number of hydrogen-bond acceptors (Lipinski definition) is 3. The van der Waals surface area contributed by atoms with Crippen LogP contribution in [0.5, 0.6) is 0 Å². The first-order valence-corrected chi connectivity index (χ1v) is 6.95. The number of aromatic nitrogens is 1. The number of halogens is 1. The fraction of sp³-hybridized carbons (Fsp3) is 0.214. The van der Waals surface area contributed by atoms with E-state index in [1.807, 2.05) is 19.2 Å². The van der Waals surface area contributed by atoms with E-state index in [-0.39, 0.29) is 0 Å². The lowest BCUT2D eigenvalue weighted by atomic mass is 10.1. The Bertz CT molecular complexity index is 496. The lowest BCUT2D eigenvalue weighted by Gasteiger charge is -2.10. The van der Waals surface area contributed by atoms with Crippen LogP contribution in [0.25, 0.3) is 0 Å². The van der Waals surface area contributed by atoms with E-state index in [9.17, 15) is 0 Å². The molecule has 18 heavy (non-hydrogen) atoms. The summed E-state index contributed by atoms with van der Waals surface area (Å²) < 4.78 is 0. The zero-order valence-corrected chi connectivity index (χ0v) is 11.9. The van der Waals surface area contributed by atoms with Crippen molar-refractivity contribution in [2.24, 2.45) is 0 Å². The first-order valence-electron chi connectivity index (χ1n) is 5.75. The maximum absolute atomic E-state index is 5.81. The molecular weight excluding hydrogens is 264 g/mol. The van der Waals surface area contributed by atoms with Crippen LogP contribution in [0.1, 0.15) is 18.5 Å².